The lowest BCUT2D eigenvalue weighted by Gasteiger charge is -2.00. The van der Waals surface area contributed by atoms with Gasteiger partial charge < -0.3 is 10.2 Å². The Morgan fingerprint density at radius 3 is 2.38 bits per heavy atom. The van der Waals surface area contributed by atoms with Crippen molar-refractivity contribution >= 4 is 18.0 Å². The lowest BCUT2D eigenvalue weighted by atomic mass is 10.1. The van der Waals surface area contributed by atoms with Gasteiger partial charge in [-0.2, -0.15) is 0 Å². The zero-order valence-corrected chi connectivity index (χ0v) is 8.18. The maximum atomic E-state index is 13.2. The SMILES string of the molecule is O=C(O)CC(=Cc1ccccc1F)C(=O)O. The summed E-state index contributed by atoms with van der Waals surface area (Å²) in [5, 5.41) is 17.2. The van der Waals surface area contributed by atoms with Gasteiger partial charge in [0.15, 0.2) is 0 Å². The highest BCUT2D eigenvalue weighted by Gasteiger charge is 2.12. The minimum atomic E-state index is -1.37. The fourth-order valence-electron chi connectivity index (χ4n) is 1.13. The molecule has 5 heteroatoms. The lowest BCUT2D eigenvalue weighted by molar-refractivity contribution is -0.139. The van der Waals surface area contributed by atoms with Gasteiger partial charge in [-0.25, -0.2) is 9.18 Å². The monoisotopic (exact) mass is 224 g/mol. The van der Waals surface area contributed by atoms with Crippen molar-refractivity contribution in [2.75, 3.05) is 0 Å². The second-order valence-corrected chi connectivity index (χ2v) is 3.07. The van der Waals surface area contributed by atoms with E-state index in [0.717, 1.165) is 6.08 Å². The molecule has 0 aliphatic heterocycles. The Bertz CT molecular complexity index is 451. The number of aliphatic carboxylic acids is 2. The largest absolute Gasteiger partial charge is 0.481 e. The minimum absolute atomic E-state index is 0.0566. The molecule has 0 atom stereocenters. The van der Waals surface area contributed by atoms with E-state index in [9.17, 15) is 14.0 Å². The fraction of sp³-hybridized carbons (Fsp3) is 0.0909. The summed E-state index contributed by atoms with van der Waals surface area (Å²) in [4.78, 5) is 21.1. The Morgan fingerprint density at radius 2 is 1.88 bits per heavy atom. The van der Waals surface area contributed by atoms with Crippen molar-refractivity contribution in [3.63, 3.8) is 0 Å². The molecule has 0 heterocycles. The number of hydrogen-bond acceptors (Lipinski definition) is 2. The van der Waals surface area contributed by atoms with Gasteiger partial charge in [0.05, 0.1) is 6.42 Å². The molecule has 0 aromatic heterocycles. The second-order valence-electron chi connectivity index (χ2n) is 3.07. The topological polar surface area (TPSA) is 74.6 Å². The quantitative estimate of drug-likeness (QED) is 0.764. The zero-order chi connectivity index (χ0) is 12.1. The number of benzene rings is 1. The van der Waals surface area contributed by atoms with Gasteiger partial charge in [0.25, 0.3) is 0 Å². The molecule has 2 N–H and O–H groups in total. The van der Waals surface area contributed by atoms with Crippen LogP contribution in [0.3, 0.4) is 0 Å². The summed E-state index contributed by atoms with van der Waals surface area (Å²) in [6.07, 6.45) is 0.370. The average molecular weight is 224 g/mol. The molecular formula is C11H9FO4. The van der Waals surface area contributed by atoms with Gasteiger partial charge >= 0.3 is 11.9 Å². The molecule has 0 saturated heterocycles. The summed E-state index contributed by atoms with van der Waals surface area (Å²) in [7, 11) is 0. The average Bonchev–Trinajstić information content (AvgIpc) is 2.19. The van der Waals surface area contributed by atoms with E-state index in [1.165, 1.54) is 24.3 Å². The molecule has 0 aliphatic rings. The van der Waals surface area contributed by atoms with Gasteiger partial charge in [0, 0.05) is 11.1 Å². The van der Waals surface area contributed by atoms with Crippen molar-refractivity contribution in [1.82, 2.24) is 0 Å². The van der Waals surface area contributed by atoms with E-state index in [2.05, 4.69) is 0 Å². The van der Waals surface area contributed by atoms with Crippen LogP contribution >= 0.6 is 0 Å². The standard InChI is InChI=1S/C11H9FO4/c12-9-4-2-1-3-7(9)5-8(11(15)16)6-10(13)14/h1-5H,6H2,(H,13,14)(H,15,16). The van der Waals surface area contributed by atoms with Gasteiger partial charge in [-0.15, -0.1) is 0 Å². The van der Waals surface area contributed by atoms with Gasteiger partial charge in [0.1, 0.15) is 5.82 Å². The number of carboxylic acids is 2. The minimum Gasteiger partial charge on any atom is -0.481 e. The number of hydrogen-bond donors (Lipinski definition) is 2. The highest BCUT2D eigenvalue weighted by molar-refractivity contribution is 5.96. The van der Waals surface area contributed by atoms with Crippen molar-refractivity contribution in [3.05, 3.63) is 41.2 Å². The van der Waals surface area contributed by atoms with Crippen LogP contribution in [0.4, 0.5) is 4.39 Å². The Hall–Kier alpha value is -2.17. The molecule has 0 radical (unpaired) electrons. The van der Waals surface area contributed by atoms with E-state index in [1.807, 2.05) is 0 Å². The van der Waals surface area contributed by atoms with Gasteiger partial charge in [-0.05, 0) is 12.1 Å². The molecule has 1 rings (SSSR count). The molecule has 84 valence electrons. The number of carbonyl (C=O) groups is 2. The van der Waals surface area contributed by atoms with Crippen LogP contribution < -0.4 is 0 Å². The first kappa shape index (κ1) is 11.9. The molecule has 0 unspecified atom stereocenters. The van der Waals surface area contributed by atoms with Gasteiger partial charge in [-0.3, -0.25) is 4.79 Å². The van der Waals surface area contributed by atoms with E-state index < -0.39 is 24.2 Å². The Morgan fingerprint density at radius 1 is 1.25 bits per heavy atom. The summed E-state index contributed by atoms with van der Waals surface area (Å²) in [6, 6.07) is 5.55. The van der Waals surface area contributed by atoms with E-state index in [-0.39, 0.29) is 11.1 Å². The first-order valence-electron chi connectivity index (χ1n) is 4.41. The number of halogens is 1. The van der Waals surface area contributed by atoms with E-state index in [4.69, 9.17) is 10.2 Å². The third kappa shape index (κ3) is 3.20. The molecular weight excluding hydrogens is 215 g/mol. The third-order valence-electron chi connectivity index (χ3n) is 1.85. The van der Waals surface area contributed by atoms with Crippen LogP contribution in [0, 0.1) is 5.82 Å². The van der Waals surface area contributed by atoms with E-state index >= 15 is 0 Å². The molecule has 0 aliphatic carbocycles. The third-order valence-corrected chi connectivity index (χ3v) is 1.85. The highest BCUT2D eigenvalue weighted by Crippen LogP contribution is 2.13. The van der Waals surface area contributed by atoms with Crippen molar-refractivity contribution in [3.8, 4) is 0 Å². The summed E-state index contributed by atoms with van der Waals surface area (Å²) in [5.41, 5.74) is -0.307. The maximum Gasteiger partial charge on any atom is 0.332 e. The Balaban J connectivity index is 3.07. The van der Waals surface area contributed by atoms with Crippen LogP contribution in [0.25, 0.3) is 6.08 Å². The molecule has 4 nitrogen and oxygen atoms in total. The smallest absolute Gasteiger partial charge is 0.332 e. The summed E-state index contributed by atoms with van der Waals surface area (Å²) >= 11 is 0. The molecule has 0 bridgehead atoms. The molecule has 1 aromatic rings. The molecule has 0 saturated carbocycles. The van der Waals surface area contributed by atoms with Crippen LogP contribution in [0.15, 0.2) is 29.8 Å². The van der Waals surface area contributed by atoms with E-state index in [1.54, 1.807) is 0 Å². The van der Waals surface area contributed by atoms with Crippen molar-refractivity contribution in [2.45, 2.75) is 6.42 Å². The first-order valence-corrected chi connectivity index (χ1v) is 4.41. The van der Waals surface area contributed by atoms with Crippen LogP contribution in [0.5, 0.6) is 0 Å². The van der Waals surface area contributed by atoms with Crippen LogP contribution in [-0.2, 0) is 9.59 Å². The summed E-state index contributed by atoms with van der Waals surface area (Å²) < 4.78 is 13.2. The van der Waals surface area contributed by atoms with Crippen molar-refractivity contribution in [2.24, 2.45) is 0 Å². The number of carboxylic acid groups (broad SMARTS) is 2. The van der Waals surface area contributed by atoms with Gasteiger partial charge in [-0.1, -0.05) is 18.2 Å². The second kappa shape index (κ2) is 5.06. The molecule has 1 aromatic carbocycles. The fourth-order valence-corrected chi connectivity index (χ4v) is 1.13. The Kier molecular flexibility index (Phi) is 3.77. The summed E-state index contributed by atoms with van der Waals surface area (Å²) in [5.74, 6) is -3.23. The van der Waals surface area contributed by atoms with Crippen LogP contribution in [-0.4, -0.2) is 22.2 Å². The highest BCUT2D eigenvalue weighted by atomic mass is 19.1. The van der Waals surface area contributed by atoms with Crippen molar-refractivity contribution in [1.29, 1.82) is 0 Å². The number of rotatable bonds is 4. The Labute approximate surface area is 90.6 Å². The van der Waals surface area contributed by atoms with Gasteiger partial charge in [0.2, 0.25) is 0 Å². The van der Waals surface area contributed by atoms with E-state index in [0.29, 0.717) is 0 Å². The molecule has 16 heavy (non-hydrogen) atoms. The predicted octanol–water partition coefficient (Wildman–Crippen LogP) is 1.77. The lowest BCUT2D eigenvalue weighted by Crippen LogP contribution is -2.06. The van der Waals surface area contributed by atoms with Crippen molar-refractivity contribution < 1.29 is 24.2 Å². The summed E-state index contributed by atoms with van der Waals surface area (Å²) in [6.45, 7) is 0. The first-order chi connectivity index (χ1) is 7.50. The normalized spacial score (nSPS) is 11.2. The molecule has 0 spiro atoms. The molecule has 0 amide bonds. The molecule has 0 fully saturated rings. The van der Waals surface area contributed by atoms with Crippen LogP contribution in [0.1, 0.15) is 12.0 Å². The predicted molar refractivity (Wildman–Crippen MR) is 54.3 cm³/mol. The zero-order valence-electron chi connectivity index (χ0n) is 8.18. The maximum absolute atomic E-state index is 13.2. The van der Waals surface area contributed by atoms with Crippen LogP contribution in [0.2, 0.25) is 0 Å².